The van der Waals surface area contributed by atoms with Crippen LogP contribution in [0.5, 0.6) is 11.5 Å². The predicted molar refractivity (Wildman–Crippen MR) is 81.7 cm³/mol. The van der Waals surface area contributed by atoms with E-state index < -0.39 is 23.7 Å². The van der Waals surface area contributed by atoms with Crippen molar-refractivity contribution in [1.82, 2.24) is 10.6 Å². The van der Waals surface area contributed by atoms with Crippen LogP contribution in [0, 0.1) is 5.92 Å². The molecule has 2 amide bonds. The molecule has 3 N–H and O–H groups in total. The monoisotopic (exact) mass is 324 g/mol. The number of aliphatic carboxylic acids is 1. The van der Waals surface area contributed by atoms with Gasteiger partial charge in [-0.05, 0) is 18.2 Å². The topological polar surface area (TPSA) is 114 Å². The van der Waals surface area contributed by atoms with E-state index >= 15 is 0 Å². The summed E-state index contributed by atoms with van der Waals surface area (Å²) >= 11 is 0. The molecule has 1 atom stereocenters. The fourth-order valence-electron chi connectivity index (χ4n) is 1.66. The number of carboxylic acids is 1. The largest absolute Gasteiger partial charge is 0.493 e. The average Bonchev–Trinajstić information content (AvgIpc) is 2.56. The summed E-state index contributed by atoms with van der Waals surface area (Å²) in [5, 5.41) is 13.6. The van der Waals surface area contributed by atoms with E-state index in [1.54, 1.807) is 12.1 Å². The molecule has 8 nitrogen and oxygen atoms in total. The van der Waals surface area contributed by atoms with E-state index in [1.165, 1.54) is 27.2 Å². The number of ether oxygens (including phenoxy) is 2. The molecule has 0 aliphatic heterocycles. The average molecular weight is 324 g/mol. The Morgan fingerprint density at radius 1 is 1.13 bits per heavy atom. The van der Waals surface area contributed by atoms with Gasteiger partial charge in [-0.15, -0.1) is 0 Å². The molecule has 23 heavy (non-hydrogen) atoms. The van der Waals surface area contributed by atoms with Crippen LogP contribution in [0.15, 0.2) is 18.2 Å². The van der Waals surface area contributed by atoms with E-state index in [0.29, 0.717) is 17.1 Å². The molecule has 1 unspecified atom stereocenters. The molecule has 126 valence electrons. The highest BCUT2D eigenvalue weighted by molar-refractivity contribution is 5.97. The second-order valence-corrected chi connectivity index (χ2v) is 4.80. The van der Waals surface area contributed by atoms with E-state index in [2.05, 4.69) is 10.6 Å². The molecule has 0 saturated heterocycles. The second kappa shape index (κ2) is 8.62. The van der Waals surface area contributed by atoms with Crippen LogP contribution in [-0.4, -0.2) is 50.2 Å². The van der Waals surface area contributed by atoms with E-state index in [1.807, 2.05) is 0 Å². The first-order valence-corrected chi connectivity index (χ1v) is 6.88. The van der Waals surface area contributed by atoms with Gasteiger partial charge in [0.2, 0.25) is 5.91 Å². The standard InChI is InChI=1S/C15H20N2O6/c1-9(15(20)21)7-16-13(18)8-17-14(19)10-4-5-11(22-2)12(6-10)23-3/h4-6,9H,7-8H2,1-3H3,(H,16,18)(H,17,19)(H,20,21). The third kappa shape index (κ3) is 5.50. The van der Waals surface area contributed by atoms with Crippen molar-refractivity contribution in [3.63, 3.8) is 0 Å². The predicted octanol–water partition coefficient (Wildman–Crippen LogP) is 0.271. The number of rotatable bonds is 8. The van der Waals surface area contributed by atoms with Gasteiger partial charge in [-0.3, -0.25) is 14.4 Å². The van der Waals surface area contributed by atoms with Crippen molar-refractivity contribution in [3.05, 3.63) is 23.8 Å². The number of amides is 2. The van der Waals surface area contributed by atoms with Gasteiger partial charge in [-0.25, -0.2) is 0 Å². The third-order valence-corrected chi connectivity index (χ3v) is 3.08. The van der Waals surface area contributed by atoms with Crippen molar-refractivity contribution in [2.24, 2.45) is 5.92 Å². The number of carbonyl (C=O) groups excluding carboxylic acids is 2. The van der Waals surface area contributed by atoms with Crippen LogP contribution in [0.1, 0.15) is 17.3 Å². The molecule has 0 fully saturated rings. The first-order chi connectivity index (χ1) is 10.9. The zero-order valence-corrected chi connectivity index (χ0v) is 13.2. The van der Waals surface area contributed by atoms with Crippen molar-refractivity contribution in [2.75, 3.05) is 27.3 Å². The molecule has 1 aromatic rings. The molecule has 0 saturated carbocycles. The summed E-state index contributed by atoms with van der Waals surface area (Å²) in [6.07, 6.45) is 0. The molecule has 0 heterocycles. The minimum absolute atomic E-state index is 0.000393. The summed E-state index contributed by atoms with van der Waals surface area (Å²) in [6.45, 7) is 1.23. The molecule has 1 rings (SSSR count). The zero-order chi connectivity index (χ0) is 17.4. The number of carbonyl (C=O) groups is 3. The lowest BCUT2D eigenvalue weighted by atomic mass is 10.2. The first-order valence-electron chi connectivity index (χ1n) is 6.88. The van der Waals surface area contributed by atoms with E-state index in [4.69, 9.17) is 14.6 Å². The lowest BCUT2D eigenvalue weighted by molar-refractivity contribution is -0.141. The maximum atomic E-state index is 12.0. The minimum Gasteiger partial charge on any atom is -0.493 e. The Bertz CT molecular complexity index is 587. The highest BCUT2D eigenvalue weighted by Crippen LogP contribution is 2.27. The number of hydrogen-bond acceptors (Lipinski definition) is 5. The fraction of sp³-hybridized carbons (Fsp3) is 0.400. The normalized spacial score (nSPS) is 11.3. The maximum Gasteiger partial charge on any atom is 0.308 e. The van der Waals surface area contributed by atoms with Gasteiger partial charge in [0.25, 0.3) is 5.91 Å². The quantitative estimate of drug-likeness (QED) is 0.632. The highest BCUT2D eigenvalue weighted by atomic mass is 16.5. The Hall–Kier alpha value is -2.77. The smallest absolute Gasteiger partial charge is 0.308 e. The van der Waals surface area contributed by atoms with Gasteiger partial charge in [-0.1, -0.05) is 6.92 Å². The Balaban J connectivity index is 2.53. The molecule has 0 aliphatic carbocycles. The lowest BCUT2D eigenvalue weighted by Gasteiger charge is -2.11. The fourth-order valence-corrected chi connectivity index (χ4v) is 1.66. The summed E-state index contributed by atoms with van der Waals surface area (Å²) in [6, 6.07) is 4.63. The van der Waals surface area contributed by atoms with Crippen LogP contribution in [0.4, 0.5) is 0 Å². The second-order valence-electron chi connectivity index (χ2n) is 4.80. The van der Waals surface area contributed by atoms with Crippen LogP contribution >= 0.6 is 0 Å². The number of methoxy groups -OCH3 is 2. The molecule has 1 aromatic carbocycles. The summed E-state index contributed by atoms with van der Waals surface area (Å²) in [5.41, 5.74) is 0.314. The number of nitrogens with one attached hydrogen (secondary N) is 2. The Labute approximate surface area is 133 Å². The van der Waals surface area contributed by atoms with Gasteiger partial charge in [0.1, 0.15) is 0 Å². The summed E-state index contributed by atoms with van der Waals surface area (Å²) in [5.74, 6) is -1.72. The number of benzene rings is 1. The molecule has 8 heteroatoms. The van der Waals surface area contributed by atoms with E-state index in [0.717, 1.165) is 0 Å². The molecule has 0 aliphatic rings. The van der Waals surface area contributed by atoms with Gasteiger partial charge in [0.05, 0.1) is 26.7 Å². The van der Waals surface area contributed by atoms with Crippen molar-refractivity contribution in [1.29, 1.82) is 0 Å². The van der Waals surface area contributed by atoms with Crippen LogP contribution < -0.4 is 20.1 Å². The molecular formula is C15H20N2O6. The molecule has 0 radical (unpaired) electrons. The third-order valence-electron chi connectivity index (χ3n) is 3.08. The first kappa shape index (κ1) is 18.3. The van der Waals surface area contributed by atoms with Crippen molar-refractivity contribution in [2.45, 2.75) is 6.92 Å². The Morgan fingerprint density at radius 3 is 2.35 bits per heavy atom. The van der Waals surface area contributed by atoms with Crippen molar-refractivity contribution in [3.8, 4) is 11.5 Å². The lowest BCUT2D eigenvalue weighted by Crippen LogP contribution is -2.39. The van der Waals surface area contributed by atoms with Crippen LogP contribution in [0.2, 0.25) is 0 Å². The van der Waals surface area contributed by atoms with Crippen LogP contribution in [-0.2, 0) is 9.59 Å². The van der Waals surface area contributed by atoms with Gasteiger partial charge in [-0.2, -0.15) is 0 Å². The molecular weight excluding hydrogens is 304 g/mol. The zero-order valence-electron chi connectivity index (χ0n) is 13.2. The van der Waals surface area contributed by atoms with E-state index in [9.17, 15) is 14.4 Å². The summed E-state index contributed by atoms with van der Waals surface area (Å²) in [4.78, 5) is 34.2. The van der Waals surface area contributed by atoms with Gasteiger partial charge in [0.15, 0.2) is 11.5 Å². The number of carboxylic acid groups (broad SMARTS) is 1. The maximum absolute atomic E-state index is 12.0. The number of hydrogen-bond donors (Lipinski definition) is 3. The Kier molecular flexibility index (Phi) is 6.85. The van der Waals surface area contributed by atoms with Gasteiger partial charge >= 0.3 is 5.97 Å². The van der Waals surface area contributed by atoms with Crippen LogP contribution in [0.25, 0.3) is 0 Å². The van der Waals surface area contributed by atoms with Gasteiger partial charge < -0.3 is 25.2 Å². The Morgan fingerprint density at radius 2 is 1.78 bits per heavy atom. The van der Waals surface area contributed by atoms with Crippen molar-refractivity contribution >= 4 is 17.8 Å². The minimum atomic E-state index is -1.00. The SMILES string of the molecule is COc1ccc(C(=O)NCC(=O)NCC(C)C(=O)O)cc1OC. The van der Waals surface area contributed by atoms with E-state index in [-0.39, 0.29) is 13.1 Å². The molecule has 0 aromatic heterocycles. The highest BCUT2D eigenvalue weighted by Gasteiger charge is 2.14. The van der Waals surface area contributed by atoms with Gasteiger partial charge in [0, 0.05) is 12.1 Å². The van der Waals surface area contributed by atoms with Crippen molar-refractivity contribution < 1.29 is 29.0 Å². The molecule has 0 spiro atoms. The summed E-state index contributed by atoms with van der Waals surface area (Å²) in [7, 11) is 2.94. The summed E-state index contributed by atoms with van der Waals surface area (Å²) < 4.78 is 10.2. The molecule has 0 bridgehead atoms. The van der Waals surface area contributed by atoms with Crippen LogP contribution in [0.3, 0.4) is 0 Å².